The van der Waals surface area contributed by atoms with E-state index in [1.165, 1.54) is 4.57 Å². The van der Waals surface area contributed by atoms with E-state index in [0.717, 1.165) is 10.9 Å². The van der Waals surface area contributed by atoms with Crippen molar-refractivity contribution in [2.75, 3.05) is 13.7 Å². The number of carbonyl (C=O) groups is 2. The lowest BCUT2D eigenvalue weighted by Crippen LogP contribution is -2.29. The summed E-state index contributed by atoms with van der Waals surface area (Å²) < 4.78 is 29.2. The first-order chi connectivity index (χ1) is 16.2. The first-order valence-corrected chi connectivity index (χ1v) is 10.9. The van der Waals surface area contributed by atoms with Crippen LogP contribution in [0.25, 0.3) is 21.9 Å². The molecular weight excluding hydrogens is 438 g/mol. The first kappa shape index (κ1) is 23.2. The third-order valence-electron chi connectivity index (χ3n) is 5.11. The third kappa shape index (κ3) is 4.44. The molecule has 4 rings (SSSR count). The number of carbonyl (C=O) groups excluding carboxylic acids is 2. The van der Waals surface area contributed by atoms with Crippen molar-refractivity contribution in [3.05, 3.63) is 60.0 Å². The molecule has 2 aromatic heterocycles. The van der Waals surface area contributed by atoms with Crippen LogP contribution in [0.5, 0.6) is 11.5 Å². The summed E-state index contributed by atoms with van der Waals surface area (Å²) in [5.74, 6) is 0.555. The van der Waals surface area contributed by atoms with Crippen LogP contribution in [0.2, 0.25) is 0 Å². The van der Waals surface area contributed by atoms with Crippen LogP contribution in [0.15, 0.2) is 53.1 Å². The van der Waals surface area contributed by atoms with Gasteiger partial charge in [-0.1, -0.05) is 12.1 Å². The van der Waals surface area contributed by atoms with Gasteiger partial charge < -0.3 is 23.4 Å². The number of furan rings is 1. The minimum Gasteiger partial charge on any atom is -0.496 e. The van der Waals surface area contributed by atoms with E-state index in [0.29, 0.717) is 28.0 Å². The summed E-state index contributed by atoms with van der Waals surface area (Å²) in [6, 6.07) is 12.4. The van der Waals surface area contributed by atoms with Gasteiger partial charge in [0.25, 0.3) is 0 Å². The van der Waals surface area contributed by atoms with E-state index < -0.39 is 17.7 Å². The van der Waals surface area contributed by atoms with Gasteiger partial charge in [0.1, 0.15) is 35.0 Å². The SMILES string of the molecule is CCOC(=O)c1cc2c(OCc3coc4cccc(OC)c34)cccc2n1C(=O)OC(C)(C)C. The van der Waals surface area contributed by atoms with Crippen LogP contribution in [-0.2, 0) is 16.1 Å². The fourth-order valence-electron chi connectivity index (χ4n) is 3.74. The Hall–Kier alpha value is -3.94. The monoisotopic (exact) mass is 465 g/mol. The smallest absolute Gasteiger partial charge is 0.419 e. The van der Waals surface area contributed by atoms with Gasteiger partial charge >= 0.3 is 12.1 Å². The Balaban J connectivity index is 1.74. The van der Waals surface area contributed by atoms with Crippen LogP contribution in [0.3, 0.4) is 0 Å². The van der Waals surface area contributed by atoms with Crippen molar-refractivity contribution in [2.24, 2.45) is 0 Å². The van der Waals surface area contributed by atoms with Gasteiger partial charge in [0.2, 0.25) is 0 Å². The largest absolute Gasteiger partial charge is 0.496 e. The van der Waals surface area contributed by atoms with Crippen molar-refractivity contribution in [2.45, 2.75) is 39.9 Å². The van der Waals surface area contributed by atoms with Crippen LogP contribution < -0.4 is 9.47 Å². The number of ether oxygens (including phenoxy) is 4. The standard InChI is InChI=1S/C26H27NO7/c1-6-31-24(28)19-13-17-18(27(19)25(29)34-26(2,3)4)9-7-10-20(17)32-14-16-15-33-22-12-8-11-21(30-5)23(16)22/h7-13,15H,6,14H2,1-5H3. The van der Waals surface area contributed by atoms with Crippen molar-refractivity contribution >= 4 is 33.9 Å². The van der Waals surface area contributed by atoms with Gasteiger partial charge in [0.05, 0.1) is 30.9 Å². The molecular formula is C26H27NO7. The molecule has 0 spiro atoms. The molecule has 0 unspecified atom stereocenters. The molecule has 178 valence electrons. The number of hydrogen-bond donors (Lipinski definition) is 0. The van der Waals surface area contributed by atoms with Crippen LogP contribution in [0.1, 0.15) is 43.7 Å². The number of benzene rings is 2. The number of fused-ring (bicyclic) bond motifs is 2. The summed E-state index contributed by atoms with van der Waals surface area (Å²) in [4.78, 5) is 25.7. The maximum absolute atomic E-state index is 13.0. The Bertz CT molecular complexity index is 1360. The van der Waals surface area contributed by atoms with Crippen LogP contribution in [-0.4, -0.2) is 35.9 Å². The minimum atomic E-state index is -0.741. The Morgan fingerprint density at radius 1 is 1.06 bits per heavy atom. The predicted molar refractivity (Wildman–Crippen MR) is 127 cm³/mol. The maximum atomic E-state index is 13.0. The summed E-state index contributed by atoms with van der Waals surface area (Å²) in [5, 5.41) is 1.41. The number of methoxy groups -OCH3 is 1. The molecule has 0 saturated carbocycles. The van der Waals surface area contributed by atoms with Crippen LogP contribution in [0, 0.1) is 0 Å². The van der Waals surface area contributed by atoms with Crippen molar-refractivity contribution in [1.82, 2.24) is 4.57 Å². The molecule has 0 N–H and O–H groups in total. The fraction of sp³-hybridized carbons (Fsp3) is 0.308. The van der Waals surface area contributed by atoms with Gasteiger partial charge in [-0.3, -0.25) is 0 Å². The maximum Gasteiger partial charge on any atom is 0.419 e. The molecule has 0 aliphatic heterocycles. The quantitative estimate of drug-likeness (QED) is 0.326. The molecule has 0 fully saturated rings. The predicted octanol–water partition coefficient (Wildman–Crippen LogP) is 5.94. The molecule has 8 nitrogen and oxygen atoms in total. The lowest BCUT2D eigenvalue weighted by Gasteiger charge is -2.20. The Kier molecular flexibility index (Phi) is 6.24. The van der Waals surface area contributed by atoms with E-state index >= 15 is 0 Å². The topological polar surface area (TPSA) is 89.1 Å². The van der Waals surface area contributed by atoms with Gasteiger partial charge in [-0.15, -0.1) is 0 Å². The second-order valence-electron chi connectivity index (χ2n) is 8.64. The van der Waals surface area contributed by atoms with E-state index in [-0.39, 0.29) is 18.9 Å². The summed E-state index contributed by atoms with van der Waals surface area (Å²) in [6.45, 7) is 7.36. The van der Waals surface area contributed by atoms with Gasteiger partial charge in [0, 0.05) is 10.9 Å². The average Bonchev–Trinajstić information content (AvgIpc) is 3.38. The highest BCUT2D eigenvalue weighted by molar-refractivity contribution is 6.03. The zero-order valence-electron chi connectivity index (χ0n) is 19.8. The summed E-state index contributed by atoms with van der Waals surface area (Å²) in [7, 11) is 1.60. The molecule has 34 heavy (non-hydrogen) atoms. The van der Waals surface area contributed by atoms with Crippen molar-refractivity contribution in [3.8, 4) is 11.5 Å². The van der Waals surface area contributed by atoms with Gasteiger partial charge in [0.15, 0.2) is 0 Å². The van der Waals surface area contributed by atoms with E-state index in [4.69, 9.17) is 23.4 Å². The molecule has 2 aromatic carbocycles. The fourth-order valence-corrected chi connectivity index (χ4v) is 3.74. The number of esters is 1. The van der Waals surface area contributed by atoms with E-state index in [9.17, 15) is 9.59 Å². The lowest BCUT2D eigenvalue weighted by molar-refractivity contribution is 0.0454. The zero-order chi connectivity index (χ0) is 24.5. The van der Waals surface area contributed by atoms with Crippen molar-refractivity contribution in [3.63, 3.8) is 0 Å². The summed E-state index contributed by atoms with van der Waals surface area (Å²) in [6.07, 6.45) is 0.955. The van der Waals surface area contributed by atoms with Crippen LogP contribution in [0.4, 0.5) is 4.79 Å². The zero-order valence-corrected chi connectivity index (χ0v) is 19.8. The molecule has 0 amide bonds. The molecule has 8 heteroatoms. The van der Waals surface area contributed by atoms with E-state index in [2.05, 4.69) is 0 Å². The van der Waals surface area contributed by atoms with Crippen molar-refractivity contribution < 1.29 is 33.0 Å². The number of hydrogen-bond acceptors (Lipinski definition) is 7. The lowest BCUT2D eigenvalue weighted by atomic mass is 10.1. The van der Waals surface area contributed by atoms with E-state index in [1.54, 1.807) is 65.3 Å². The second kappa shape index (κ2) is 9.13. The van der Waals surface area contributed by atoms with Gasteiger partial charge in [-0.05, 0) is 58.0 Å². The molecule has 0 atom stereocenters. The Labute approximate surface area is 196 Å². The summed E-state index contributed by atoms with van der Waals surface area (Å²) in [5.41, 5.74) is 1.30. The highest BCUT2D eigenvalue weighted by Gasteiger charge is 2.27. The molecule has 0 aliphatic carbocycles. The third-order valence-corrected chi connectivity index (χ3v) is 5.11. The molecule has 0 aliphatic rings. The van der Waals surface area contributed by atoms with Crippen LogP contribution >= 0.6 is 0 Å². The molecule has 0 bridgehead atoms. The van der Waals surface area contributed by atoms with Gasteiger partial charge in [-0.25, -0.2) is 14.2 Å². The normalized spacial score (nSPS) is 11.6. The highest BCUT2D eigenvalue weighted by atomic mass is 16.6. The molecule has 2 heterocycles. The number of nitrogens with zero attached hydrogens (tertiary/aromatic N) is 1. The molecule has 0 radical (unpaired) electrons. The highest BCUT2D eigenvalue weighted by Crippen LogP contribution is 2.34. The Morgan fingerprint density at radius 2 is 1.79 bits per heavy atom. The Morgan fingerprint density at radius 3 is 2.50 bits per heavy atom. The average molecular weight is 466 g/mol. The molecule has 0 saturated heterocycles. The van der Waals surface area contributed by atoms with E-state index in [1.807, 2.05) is 18.2 Å². The molecule has 4 aromatic rings. The van der Waals surface area contributed by atoms with Gasteiger partial charge in [-0.2, -0.15) is 0 Å². The second-order valence-corrected chi connectivity index (χ2v) is 8.64. The minimum absolute atomic E-state index is 0.0672. The van der Waals surface area contributed by atoms with Crippen molar-refractivity contribution in [1.29, 1.82) is 0 Å². The summed E-state index contributed by atoms with van der Waals surface area (Å²) >= 11 is 0. The number of rotatable bonds is 6. The number of aromatic nitrogens is 1. The first-order valence-electron chi connectivity index (χ1n) is 10.9.